The van der Waals surface area contributed by atoms with Crippen molar-refractivity contribution in [2.24, 2.45) is 0 Å². The van der Waals surface area contributed by atoms with Crippen LogP contribution in [0.5, 0.6) is 11.5 Å². The van der Waals surface area contributed by atoms with Gasteiger partial charge in [0.15, 0.2) is 17.3 Å². The fourth-order valence-electron chi connectivity index (χ4n) is 3.54. The predicted molar refractivity (Wildman–Crippen MR) is 120 cm³/mol. The fraction of sp³-hybridized carbons (Fsp3) is 0.200. The van der Waals surface area contributed by atoms with E-state index in [9.17, 15) is 4.79 Å². The minimum atomic E-state index is -0.208. The summed E-state index contributed by atoms with van der Waals surface area (Å²) in [7, 11) is 3.13. The van der Waals surface area contributed by atoms with E-state index in [2.05, 4.69) is 5.32 Å². The van der Waals surface area contributed by atoms with Crippen LogP contribution in [0.2, 0.25) is 0 Å². The zero-order chi connectivity index (χ0) is 22.0. The maximum absolute atomic E-state index is 13.3. The van der Waals surface area contributed by atoms with E-state index in [0.717, 1.165) is 11.3 Å². The third-order valence-corrected chi connectivity index (χ3v) is 5.20. The quantitative estimate of drug-likeness (QED) is 0.461. The number of nitrogens with one attached hydrogen (secondary N) is 1. The molecule has 0 radical (unpaired) electrons. The van der Waals surface area contributed by atoms with Crippen molar-refractivity contribution in [1.29, 1.82) is 0 Å². The van der Waals surface area contributed by atoms with Crippen LogP contribution in [0.4, 0.5) is 0 Å². The molecule has 0 spiro atoms. The van der Waals surface area contributed by atoms with Crippen LogP contribution in [0.15, 0.2) is 65.1 Å². The number of fused-ring (bicyclic) bond motifs is 1. The van der Waals surface area contributed by atoms with E-state index < -0.39 is 0 Å². The summed E-state index contributed by atoms with van der Waals surface area (Å²) in [6.07, 6.45) is 0. The lowest BCUT2D eigenvalue weighted by Gasteiger charge is -2.17. The van der Waals surface area contributed by atoms with Gasteiger partial charge in [0.25, 0.3) is 5.91 Å². The Kier molecular flexibility index (Phi) is 5.62. The molecule has 158 valence electrons. The van der Waals surface area contributed by atoms with Crippen molar-refractivity contribution in [2.45, 2.75) is 19.9 Å². The molecular weight excluding hydrogens is 392 g/mol. The second kappa shape index (κ2) is 8.52. The molecule has 0 saturated heterocycles. The molecule has 0 bridgehead atoms. The lowest BCUT2D eigenvalue weighted by Crippen LogP contribution is -2.27. The number of hydrogen-bond acceptors (Lipinski definition) is 5. The lowest BCUT2D eigenvalue weighted by atomic mass is 10.0. The van der Waals surface area contributed by atoms with Crippen molar-refractivity contribution >= 4 is 16.8 Å². The highest BCUT2D eigenvalue weighted by atomic mass is 16.5. The van der Waals surface area contributed by atoms with E-state index in [1.807, 2.05) is 56.3 Å². The van der Waals surface area contributed by atoms with E-state index in [4.69, 9.17) is 18.9 Å². The van der Waals surface area contributed by atoms with Crippen LogP contribution in [-0.2, 0) is 0 Å². The summed E-state index contributed by atoms with van der Waals surface area (Å²) >= 11 is 0. The normalized spacial score (nSPS) is 11.9. The highest BCUT2D eigenvalue weighted by Gasteiger charge is 2.20. The van der Waals surface area contributed by atoms with Crippen molar-refractivity contribution in [1.82, 2.24) is 10.3 Å². The Hall–Kier alpha value is -3.80. The molecule has 1 unspecified atom stereocenters. The Morgan fingerprint density at radius 1 is 1.00 bits per heavy atom. The van der Waals surface area contributed by atoms with Crippen LogP contribution in [0.3, 0.4) is 0 Å². The molecule has 0 fully saturated rings. The summed E-state index contributed by atoms with van der Waals surface area (Å²) in [6, 6.07) is 18.7. The molecule has 1 N–H and O–H groups in total. The highest BCUT2D eigenvalue weighted by Crippen LogP contribution is 2.35. The van der Waals surface area contributed by atoms with Crippen LogP contribution in [0.25, 0.3) is 22.4 Å². The lowest BCUT2D eigenvalue weighted by molar-refractivity contribution is 0.0941. The molecule has 1 amide bonds. The zero-order valence-corrected chi connectivity index (χ0v) is 17.9. The average molecular weight is 416 g/mol. The smallest absolute Gasteiger partial charge is 0.252 e. The van der Waals surface area contributed by atoms with Crippen molar-refractivity contribution in [3.63, 3.8) is 0 Å². The van der Waals surface area contributed by atoms with E-state index in [1.165, 1.54) is 0 Å². The molecule has 31 heavy (non-hydrogen) atoms. The minimum Gasteiger partial charge on any atom is -0.493 e. The van der Waals surface area contributed by atoms with Gasteiger partial charge in [0.2, 0.25) is 0 Å². The molecule has 6 nitrogen and oxygen atoms in total. The summed E-state index contributed by atoms with van der Waals surface area (Å²) in [5.41, 5.74) is 2.69. The van der Waals surface area contributed by atoms with E-state index in [0.29, 0.717) is 39.4 Å². The van der Waals surface area contributed by atoms with Gasteiger partial charge < -0.3 is 19.2 Å². The number of amides is 1. The van der Waals surface area contributed by atoms with Crippen molar-refractivity contribution in [3.8, 4) is 23.0 Å². The maximum atomic E-state index is 13.3. The topological polar surface area (TPSA) is 73.6 Å². The van der Waals surface area contributed by atoms with E-state index in [1.54, 1.807) is 32.4 Å². The number of rotatable bonds is 6. The van der Waals surface area contributed by atoms with Gasteiger partial charge in [-0.25, -0.2) is 4.98 Å². The number of nitrogens with zero attached hydrogens (tertiary/aromatic N) is 1. The van der Waals surface area contributed by atoms with Gasteiger partial charge in [-0.1, -0.05) is 30.3 Å². The summed E-state index contributed by atoms with van der Waals surface area (Å²) in [5, 5.41) is 3.75. The monoisotopic (exact) mass is 416 g/mol. The van der Waals surface area contributed by atoms with Crippen LogP contribution in [-0.4, -0.2) is 25.1 Å². The van der Waals surface area contributed by atoms with Gasteiger partial charge >= 0.3 is 0 Å². The Morgan fingerprint density at radius 2 is 1.71 bits per heavy atom. The number of carbonyl (C=O) groups is 1. The molecule has 2 heterocycles. The second-order valence-electron chi connectivity index (χ2n) is 7.30. The molecule has 6 heteroatoms. The number of hydrogen-bond donors (Lipinski definition) is 1. The minimum absolute atomic E-state index is 0.161. The Bertz CT molecular complexity index is 1230. The van der Waals surface area contributed by atoms with Gasteiger partial charge in [-0.05, 0) is 43.7 Å². The summed E-state index contributed by atoms with van der Waals surface area (Å²) in [5.74, 6) is 2.23. The first-order valence-corrected chi connectivity index (χ1v) is 9.99. The number of aromatic nitrogens is 1. The van der Waals surface area contributed by atoms with Crippen LogP contribution in [0.1, 0.15) is 34.6 Å². The molecular formula is C25H24N2O4. The van der Waals surface area contributed by atoms with Gasteiger partial charge in [-0.15, -0.1) is 0 Å². The van der Waals surface area contributed by atoms with Gasteiger partial charge in [0.05, 0.1) is 31.3 Å². The number of carbonyl (C=O) groups excluding carboxylic acids is 1. The number of benzene rings is 2. The third kappa shape index (κ3) is 4.10. The van der Waals surface area contributed by atoms with Gasteiger partial charge in [0, 0.05) is 11.5 Å². The largest absolute Gasteiger partial charge is 0.493 e. The standard InChI is InChI=1S/C25H24N2O4/c1-15-10-11-22(31-15)21-12-19(25(28)26-16(2)17-8-6-5-7-9-17)18-13-23(29-3)24(30-4)14-20(18)27-21/h5-14,16H,1-4H3,(H,26,28). The predicted octanol–water partition coefficient (Wildman–Crippen LogP) is 5.31. The van der Waals surface area contributed by atoms with E-state index >= 15 is 0 Å². The molecule has 0 saturated carbocycles. The van der Waals surface area contributed by atoms with Crippen molar-refractivity contribution in [3.05, 3.63) is 77.6 Å². The summed E-state index contributed by atoms with van der Waals surface area (Å²) in [6.45, 7) is 3.82. The first kappa shape index (κ1) is 20.5. The number of aryl methyl sites for hydroxylation is 1. The second-order valence-corrected chi connectivity index (χ2v) is 7.30. The zero-order valence-electron chi connectivity index (χ0n) is 17.9. The Morgan fingerprint density at radius 3 is 2.35 bits per heavy atom. The highest BCUT2D eigenvalue weighted by molar-refractivity contribution is 6.08. The van der Waals surface area contributed by atoms with E-state index in [-0.39, 0.29) is 11.9 Å². The molecule has 4 aromatic rings. The number of furan rings is 1. The van der Waals surface area contributed by atoms with Crippen LogP contribution in [0, 0.1) is 6.92 Å². The molecule has 0 aliphatic heterocycles. The SMILES string of the molecule is COc1cc2nc(-c3ccc(C)o3)cc(C(=O)NC(C)c3ccccc3)c2cc1OC. The average Bonchev–Trinajstić information content (AvgIpc) is 3.24. The van der Waals surface area contributed by atoms with Crippen molar-refractivity contribution in [2.75, 3.05) is 14.2 Å². The Balaban J connectivity index is 1.83. The summed E-state index contributed by atoms with van der Waals surface area (Å²) < 4.78 is 16.6. The number of pyridine rings is 1. The first-order chi connectivity index (χ1) is 15.0. The number of ether oxygens (including phenoxy) is 2. The van der Waals surface area contributed by atoms with Crippen LogP contribution < -0.4 is 14.8 Å². The third-order valence-electron chi connectivity index (χ3n) is 5.20. The molecule has 2 aromatic heterocycles. The molecule has 2 aromatic carbocycles. The molecule has 0 aliphatic carbocycles. The fourth-order valence-corrected chi connectivity index (χ4v) is 3.54. The van der Waals surface area contributed by atoms with Crippen LogP contribution >= 0.6 is 0 Å². The van der Waals surface area contributed by atoms with Gasteiger partial charge in [-0.2, -0.15) is 0 Å². The molecule has 0 aliphatic rings. The van der Waals surface area contributed by atoms with Gasteiger partial charge in [-0.3, -0.25) is 4.79 Å². The number of methoxy groups -OCH3 is 2. The molecule has 4 rings (SSSR count). The van der Waals surface area contributed by atoms with Crippen molar-refractivity contribution < 1.29 is 18.7 Å². The van der Waals surface area contributed by atoms with Gasteiger partial charge in [0.1, 0.15) is 11.5 Å². The Labute approximate surface area is 180 Å². The maximum Gasteiger partial charge on any atom is 0.252 e. The summed E-state index contributed by atoms with van der Waals surface area (Å²) in [4.78, 5) is 18.1. The first-order valence-electron chi connectivity index (χ1n) is 9.99. The molecule has 1 atom stereocenters.